The van der Waals surface area contributed by atoms with E-state index in [1.807, 2.05) is 12.1 Å². The minimum atomic E-state index is -0.911. The number of carbonyl (C=O) groups is 1. The summed E-state index contributed by atoms with van der Waals surface area (Å²) in [5, 5.41) is 12.2. The Bertz CT molecular complexity index is 382. The third-order valence-electron chi connectivity index (χ3n) is 2.24. The van der Waals surface area contributed by atoms with Gasteiger partial charge in [0.1, 0.15) is 0 Å². The SMILES string of the molecule is COCc1ccccc1C(=O)NCC(C)(C)O. The first-order chi connectivity index (χ1) is 7.94. The average Bonchev–Trinajstić information content (AvgIpc) is 2.26. The first-order valence-corrected chi connectivity index (χ1v) is 5.51. The molecule has 0 aliphatic carbocycles. The van der Waals surface area contributed by atoms with E-state index in [-0.39, 0.29) is 12.5 Å². The fraction of sp³-hybridized carbons (Fsp3) is 0.462. The molecule has 0 atom stereocenters. The van der Waals surface area contributed by atoms with Crippen LogP contribution in [0.15, 0.2) is 24.3 Å². The van der Waals surface area contributed by atoms with E-state index >= 15 is 0 Å². The Balaban J connectivity index is 2.74. The molecule has 1 aromatic rings. The van der Waals surface area contributed by atoms with Crippen LogP contribution in [0.4, 0.5) is 0 Å². The van der Waals surface area contributed by atoms with E-state index in [1.54, 1.807) is 33.1 Å². The van der Waals surface area contributed by atoms with Gasteiger partial charge in [-0.2, -0.15) is 0 Å². The third-order valence-corrected chi connectivity index (χ3v) is 2.24. The van der Waals surface area contributed by atoms with Gasteiger partial charge >= 0.3 is 0 Å². The second kappa shape index (κ2) is 5.80. The van der Waals surface area contributed by atoms with Crippen LogP contribution in [0.2, 0.25) is 0 Å². The zero-order chi connectivity index (χ0) is 12.9. The Morgan fingerprint density at radius 2 is 2.06 bits per heavy atom. The van der Waals surface area contributed by atoms with Crippen LogP contribution >= 0.6 is 0 Å². The molecule has 0 spiro atoms. The summed E-state index contributed by atoms with van der Waals surface area (Å²) in [6.45, 7) is 3.90. The molecule has 1 aromatic carbocycles. The molecule has 0 unspecified atom stereocenters. The summed E-state index contributed by atoms with van der Waals surface area (Å²) in [5.74, 6) is -0.195. The van der Waals surface area contributed by atoms with E-state index in [1.165, 1.54) is 0 Å². The van der Waals surface area contributed by atoms with Crippen LogP contribution in [0, 0.1) is 0 Å². The van der Waals surface area contributed by atoms with Gasteiger partial charge in [-0.25, -0.2) is 0 Å². The van der Waals surface area contributed by atoms with Crippen LogP contribution in [-0.4, -0.2) is 30.3 Å². The maximum absolute atomic E-state index is 11.9. The molecule has 17 heavy (non-hydrogen) atoms. The zero-order valence-corrected chi connectivity index (χ0v) is 10.5. The summed E-state index contributed by atoms with van der Waals surface area (Å²) in [6, 6.07) is 7.26. The molecule has 1 rings (SSSR count). The second-order valence-corrected chi connectivity index (χ2v) is 4.59. The van der Waals surface area contributed by atoms with Crippen molar-refractivity contribution in [3.05, 3.63) is 35.4 Å². The highest BCUT2D eigenvalue weighted by atomic mass is 16.5. The Morgan fingerprint density at radius 3 is 2.65 bits per heavy atom. The standard InChI is InChI=1S/C13H19NO3/c1-13(2,16)9-14-12(15)11-7-5-4-6-10(11)8-17-3/h4-7,16H,8-9H2,1-3H3,(H,14,15). The molecule has 0 bridgehead atoms. The van der Waals surface area contributed by atoms with Crippen LogP contribution in [0.25, 0.3) is 0 Å². The van der Waals surface area contributed by atoms with Gasteiger partial charge in [-0.1, -0.05) is 18.2 Å². The highest BCUT2D eigenvalue weighted by molar-refractivity contribution is 5.95. The summed E-state index contributed by atoms with van der Waals surface area (Å²) in [4.78, 5) is 11.9. The van der Waals surface area contributed by atoms with Gasteiger partial charge < -0.3 is 15.2 Å². The first kappa shape index (κ1) is 13.7. The van der Waals surface area contributed by atoms with Gasteiger partial charge in [0.05, 0.1) is 12.2 Å². The smallest absolute Gasteiger partial charge is 0.251 e. The van der Waals surface area contributed by atoms with Crippen LogP contribution in [0.3, 0.4) is 0 Å². The number of benzene rings is 1. The Kier molecular flexibility index (Phi) is 4.66. The number of rotatable bonds is 5. The van der Waals surface area contributed by atoms with Gasteiger partial charge in [0, 0.05) is 19.2 Å². The van der Waals surface area contributed by atoms with E-state index in [0.29, 0.717) is 12.2 Å². The molecule has 94 valence electrons. The topological polar surface area (TPSA) is 58.6 Å². The van der Waals surface area contributed by atoms with Gasteiger partial charge in [0.25, 0.3) is 5.91 Å². The van der Waals surface area contributed by atoms with Gasteiger partial charge in [0.15, 0.2) is 0 Å². The van der Waals surface area contributed by atoms with Gasteiger partial charge in [-0.15, -0.1) is 0 Å². The fourth-order valence-electron chi connectivity index (χ4n) is 1.41. The number of aliphatic hydroxyl groups is 1. The van der Waals surface area contributed by atoms with Crippen LogP contribution in [0.5, 0.6) is 0 Å². The number of amides is 1. The van der Waals surface area contributed by atoms with Crippen molar-refractivity contribution < 1.29 is 14.6 Å². The van der Waals surface area contributed by atoms with E-state index in [2.05, 4.69) is 5.32 Å². The molecule has 4 heteroatoms. The summed E-state index contributed by atoms with van der Waals surface area (Å²) in [6.07, 6.45) is 0. The zero-order valence-electron chi connectivity index (χ0n) is 10.5. The van der Waals surface area contributed by atoms with E-state index < -0.39 is 5.60 Å². The molecular formula is C13H19NO3. The molecule has 0 aliphatic heterocycles. The van der Waals surface area contributed by atoms with Crippen molar-refractivity contribution in [3.63, 3.8) is 0 Å². The molecule has 0 heterocycles. The Morgan fingerprint density at radius 1 is 1.41 bits per heavy atom. The molecule has 0 saturated carbocycles. The molecule has 0 saturated heterocycles. The monoisotopic (exact) mass is 237 g/mol. The van der Waals surface area contributed by atoms with Crippen molar-refractivity contribution >= 4 is 5.91 Å². The molecule has 0 fully saturated rings. The lowest BCUT2D eigenvalue weighted by Gasteiger charge is -2.18. The normalized spacial score (nSPS) is 11.3. The van der Waals surface area contributed by atoms with Gasteiger partial charge in [-0.3, -0.25) is 4.79 Å². The molecule has 0 aliphatic rings. The van der Waals surface area contributed by atoms with Crippen molar-refractivity contribution in [2.75, 3.05) is 13.7 Å². The lowest BCUT2D eigenvalue weighted by atomic mass is 10.1. The van der Waals surface area contributed by atoms with E-state index in [9.17, 15) is 9.90 Å². The number of ether oxygens (including phenoxy) is 1. The third kappa shape index (κ3) is 4.54. The molecule has 0 radical (unpaired) electrons. The molecule has 4 nitrogen and oxygen atoms in total. The lowest BCUT2D eigenvalue weighted by Crippen LogP contribution is -2.38. The number of methoxy groups -OCH3 is 1. The predicted molar refractivity (Wildman–Crippen MR) is 65.8 cm³/mol. The Hall–Kier alpha value is -1.39. The molecule has 2 N–H and O–H groups in total. The molecular weight excluding hydrogens is 218 g/mol. The highest BCUT2D eigenvalue weighted by Gasteiger charge is 2.16. The van der Waals surface area contributed by atoms with Crippen molar-refractivity contribution in [2.24, 2.45) is 0 Å². The van der Waals surface area contributed by atoms with Crippen LogP contribution in [-0.2, 0) is 11.3 Å². The first-order valence-electron chi connectivity index (χ1n) is 5.51. The van der Waals surface area contributed by atoms with Gasteiger partial charge in [-0.05, 0) is 25.5 Å². The fourth-order valence-corrected chi connectivity index (χ4v) is 1.41. The largest absolute Gasteiger partial charge is 0.389 e. The Labute approximate surface area is 102 Å². The predicted octanol–water partition coefficient (Wildman–Crippen LogP) is 1.33. The van der Waals surface area contributed by atoms with Gasteiger partial charge in [0.2, 0.25) is 0 Å². The molecule has 0 aromatic heterocycles. The summed E-state index contributed by atoms with van der Waals surface area (Å²) >= 11 is 0. The second-order valence-electron chi connectivity index (χ2n) is 4.59. The maximum Gasteiger partial charge on any atom is 0.251 e. The summed E-state index contributed by atoms with van der Waals surface area (Å²) in [5.41, 5.74) is 0.508. The lowest BCUT2D eigenvalue weighted by molar-refractivity contribution is 0.0692. The van der Waals surface area contributed by atoms with Crippen molar-refractivity contribution in [1.29, 1.82) is 0 Å². The van der Waals surface area contributed by atoms with Crippen molar-refractivity contribution in [1.82, 2.24) is 5.32 Å². The van der Waals surface area contributed by atoms with Crippen molar-refractivity contribution in [2.45, 2.75) is 26.1 Å². The summed E-state index contributed by atoms with van der Waals surface area (Å²) in [7, 11) is 1.59. The quantitative estimate of drug-likeness (QED) is 0.812. The van der Waals surface area contributed by atoms with E-state index in [4.69, 9.17) is 4.74 Å². The number of carbonyl (C=O) groups excluding carboxylic acids is 1. The number of hydrogen-bond donors (Lipinski definition) is 2. The summed E-state index contributed by atoms with van der Waals surface area (Å²) < 4.78 is 5.03. The number of hydrogen-bond acceptors (Lipinski definition) is 3. The van der Waals surface area contributed by atoms with Crippen molar-refractivity contribution in [3.8, 4) is 0 Å². The van der Waals surface area contributed by atoms with E-state index in [0.717, 1.165) is 5.56 Å². The maximum atomic E-state index is 11.9. The van der Waals surface area contributed by atoms with Crippen LogP contribution in [0.1, 0.15) is 29.8 Å². The minimum Gasteiger partial charge on any atom is -0.389 e. The highest BCUT2D eigenvalue weighted by Crippen LogP contribution is 2.10. The number of nitrogens with one attached hydrogen (secondary N) is 1. The minimum absolute atomic E-state index is 0.195. The average molecular weight is 237 g/mol. The molecule has 1 amide bonds. The van der Waals surface area contributed by atoms with Crippen LogP contribution < -0.4 is 5.32 Å².